The first kappa shape index (κ1) is 13.6. The molecule has 0 radical (unpaired) electrons. The quantitative estimate of drug-likeness (QED) is 0.674. The fourth-order valence-corrected chi connectivity index (χ4v) is 1.39. The van der Waals surface area contributed by atoms with Crippen molar-refractivity contribution < 1.29 is 27.8 Å². The molecule has 0 heterocycles. The number of rotatable bonds is 4. The first-order valence-electron chi connectivity index (χ1n) is 4.52. The van der Waals surface area contributed by atoms with E-state index in [0.717, 1.165) is 18.2 Å². The van der Waals surface area contributed by atoms with E-state index in [1.54, 1.807) is 0 Å². The summed E-state index contributed by atoms with van der Waals surface area (Å²) in [4.78, 5) is 11.5. The summed E-state index contributed by atoms with van der Waals surface area (Å²) in [6.07, 6.45) is -5.11. The molecule has 1 aromatic rings. The van der Waals surface area contributed by atoms with Gasteiger partial charge in [-0.1, -0.05) is 6.07 Å². The molecule has 17 heavy (non-hydrogen) atoms. The molecule has 7 heteroatoms. The Morgan fingerprint density at radius 2 is 2.06 bits per heavy atom. The average molecular weight is 269 g/mol. The van der Waals surface area contributed by atoms with E-state index in [0.29, 0.717) is 0 Å². The Labute approximate surface area is 99.8 Å². The molecule has 0 aromatic heterocycles. The van der Waals surface area contributed by atoms with E-state index >= 15 is 0 Å². The van der Waals surface area contributed by atoms with Crippen LogP contribution in [0.2, 0.25) is 0 Å². The van der Waals surface area contributed by atoms with Gasteiger partial charge in [0.2, 0.25) is 0 Å². The Bertz CT molecular complexity index is 418. The Hall–Kier alpha value is -1.43. The predicted molar refractivity (Wildman–Crippen MR) is 54.5 cm³/mol. The Morgan fingerprint density at radius 3 is 2.59 bits per heavy atom. The molecule has 0 amide bonds. The third kappa shape index (κ3) is 3.81. The lowest BCUT2D eigenvalue weighted by atomic mass is 10.1. The molecule has 0 unspecified atom stereocenters. The zero-order valence-electron chi connectivity index (χ0n) is 8.42. The Morgan fingerprint density at radius 1 is 1.41 bits per heavy atom. The van der Waals surface area contributed by atoms with Crippen molar-refractivity contribution in [2.24, 2.45) is 0 Å². The maximum Gasteiger partial charge on any atom is 0.573 e. The highest BCUT2D eigenvalue weighted by molar-refractivity contribution is 6.20. The van der Waals surface area contributed by atoms with Crippen molar-refractivity contribution in [2.75, 3.05) is 5.88 Å². The van der Waals surface area contributed by atoms with Crippen molar-refractivity contribution >= 4 is 17.4 Å². The van der Waals surface area contributed by atoms with Gasteiger partial charge in [0.15, 0.2) is 5.78 Å². The first-order chi connectivity index (χ1) is 7.85. The first-order valence-corrected chi connectivity index (χ1v) is 5.05. The highest BCUT2D eigenvalue weighted by Crippen LogP contribution is 2.32. The molecule has 0 saturated heterocycles. The minimum Gasteiger partial charge on any atom is -0.507 e. The Balaban J connectivity index is 3.13. The van der Waals surface area contributed by atoms with Gasteiger partial charge in [0.1, 0.15) is 17.1 Å². The number of halogens is 4. The number of alkyl halides is 4. The molecule has 0 bridgehead atoms. The van der Waals surface area contributed by atoms with Gasteiger partial charge < -0.3 is 9.84 Å². The molecule has 0 saturated carbocycles. The van der Waals surface area contributed by atoms with Gasteiger partial charge in [-0.25, -0.2) is 0 Å². The van der Waals surface area contributed by atoms with Gasteiger partial charge in [-0.3, -0.25) is 4.79 Å². The maximum absolute atomic E-state index is 12.1. The van der Waals surface area contributed by atoms with Gasteiger partial charge in [-0.05, 0) is 12.1 Å². The summed E-state index contributed by atoms with van der Waals surface area (Å²) >= 11 is 5.32. The second kappa shape index (κ2) is 5.27. The largest absolute Gasteiger partial charge is 0.573 e. The van der Waals surface area contributed by atoms with Gasteiger partial charge in [0, 0.05) is 12.3 Å². The summed E-state index contributed by atoms with van der Waals surface area (Å²) in [5, 5.41) is 9.37. The summed E-state index contributed by atoms with van der Waals surface area (Å²) in [6.45, 7) is 0. The molecule has 1 N–H and O–H groups in total. The molecule has 0 atom stereocenters. The molecule has 0 fully saturated rings. The van der Waals surface area contributed by atoms with Crippen LogP contribution in [0.15, 0.2) is 18.2 Å². The average Bonchev–Trinajstić information content (AvgIpc) is 2.15. The minimum absolute atomic E-state index is 0.0569. The van der Waals surface area contributed by atoms with E-state index in [4.69, 9.17) is 11.6 Å². The molecule has 94 valence electrons. The van der Waals surface area contributed by atoms with E-state index in [-0.39, 0.29) is 12.3 Å². The summed E-state index contributed by atoms with van der Waals surface area (Å²) in [7, 11) is 0. The number of phenols is 1. The number of carbonyl (C=O) groups excluding carboxylic acids is 1. The van der Waals surface area contributed by atoms with Crippen LogP contribution in [-0.4, -0.2) is 23.1 Å². The third-order valence-corrected chi connectivity index (χ3v) is 2.02. The predicted octanol–water partition coefficient (Wildman–Crippen LogP) is 3.10. The fourth-order valence-electron chi connectivity index (χ4n) is 1.22. The zero-order chi connectivity index (χ0) is 13.1. The fraction of sp³-hybridized carbons (Fsp3) is 0.300. The van der Waals surface area contributed by atoms with Crippen LogP contribution in [-0.2, 0) is 0 Å². The van der Waals surface area contributed by atoms with E-state index in [9.17, 15) is 23.1 Å². The maximum atomic E-state index is 12.1. The molecule has 0 aliphatic carbocycles. The van der Waals surface area contributed by atoms with Crippen LogP contribution < -0.4 is 4.74 Å². The molecular formula is C10H8ClF3O3. The third-order valence-electron chi connectivity index (χ3n) is 1.83. The van der Waals surface area contributed by atoms with Crippen molar-refractivity contribution in [1.29, 1.82) is 0 Å². The topological polar surface area (TPSA) is 46.5 Å². The minimum atomic E-state index is -4.93. The number of aromatic hydroxyl groups is 1. The van der Waals surface area contributed by atoms with Crippen molar-refractivity contribution in [3.63, 3.8) is 0 Å². The van der Waals surface area contributed by atoms with Crippen LogP contribution in [0.25, 0.3) is 0 Å². The van der Waals surface area contributed by atoms with Crippen LogP contribution in [0.3, 0.4) is 0 Å². The number of phenolic OH excluding ortho intramolecular Hbond substituents is 1. The molecule has 0 aliphatic heterocycles. The Kier molecular flexibility index (Phi) is 4.22. The monoisotopic (exact) mass is 268 g/mol. The van der Waals surface area contributed by atoms with Crippen LogP contribution in [0.4, 0.5) is 13.2 Å². The summed E-state index contributed by atoms with van der Waals surface area (Å²) < 4.78 is 39.8. The van der Waals surface area contributed by atoms with E-state index in [2.05, 4.69) is 4.74 Å². The molecule has 1 aromatic carbocycles. The number of benzene rings is 1. The lowest BCUT2D eigenvalue weighted by molar-refractivity contribution is -0.274. The van der Waals surface area contributed by atoms with Crippen LogP contribution in [0.5, 0.6) is 11.5 Å². The number of Topliss-reactive ketones (excluding diaryl/α,β-unsaturated/α-hetero) is 1. The number of carbonyl (C=O) groups is 1. The van der Waals surface area contributed by atoms with Crippen molar-refractivity contribution in [1.82, 2.24) is 0 Å². The smallest absolute Gasteiger partial charge is 0.507 e. The molecule has 0 spiro atoms. The SMILES string of the molecule is O=C(CCCl)c1c(O)cccc1OC(F)(F)F. The lowest BCUT2D eigenvalue weighted by Crippen LogP contribution is -2.19. The second-order valence-electron chi connectivity index (χ2n) is 3.06. The van der Waals surface area contributed by atoms with Crippen LogP contribution >= 0.6 is 11.6 Å². The van der Waals surface area contributed by atoms with Crippen molar-refractivity contribution in [2.45, 2.75) is 12.8 Å². The van der Waals surface area contributed by atoms with Gasteiger partial charge in [0.05, 0.1) is 0 Å². The summed E-state index contributed by atoms with van der Waals surface area (Å²) in [5.41, 5.74) is -0.509. The second-order valence-corrected chi connectivity index (χ2v) is 3.44. The van der Waals surface area contributed by atoms with Gasteiger partial charge in [-0.2, -0.15) is 0 Å². The molecule has 0 aliphatic rings. The number of hydrogen-bond acceptors (Lipinski definition) is 3. The zero-order valence-corrected chi connectivity index (χ0v) is 9.18. The van der Waals surface area contributed by atoms with Crippen LogP contribution in [0.1, 0.15) is 16.8 Å². The normalized spacial score (nSPS) is 11.3. The standard InChI is InChI=1S/C10H8ClF3O3/c11-5-4-7(16)9-6(15)2-1-3-8(9)17-10(12,13)14/h1-3,15H,4-5H2. The van der Waals surface area contributed by atoms with Crippen molar-refractivity contribution in [3.8, 4) is 11.5 Å². The molecule has 1 rings (SSSR count). The van der Waals surface area contributed by atoms with E-state index in [1.807, 2.05) is 0 Å². The van der Waals surface area contributed by atoms with Gasteiger partial charge >= 0.3 is 6.36 Å². The molecule has 3 nitrogen and oxygen atoms in total. The highest BCUT2D eigenvalue weighted by Gasteiger charge is 2.33. The van der Waals surface area contributed by atoms with E-state index in [1.165, 1.54) is 0 Å². The molecular weight excluding hydrogens is 261 g/mol. The highest BCUT2D eigenvalue weighted by atomic mass is 35.5. The van der Waals surface area contributed by atoms with Gasteiger partial charge in [-0.15, -0.1) is 24.8 Å². The van der Waals surface area contributed by atoms with Gasteiger partial charge in [0.25, 0.3) is 0 Å². The van der Waals surface area contributed by atoms with E-state index < -0.39 is 29.2 Å². The summed E-state index contributed by atoms with van der Waals surface area (Å²) in [6, 6.07) is 3.20. The number of ketones is 1. The summed E-state index contributed by atoms with van der Waals surface area (Å²) in [5.74, 6) is -2.06. The number of ether oxygens (including phenoxy) is 1. The lowest BCUT2D eigenvalue weighted by Gasteiger charge is -2.13. The van der Waals surface area contributed by atoms with Crippen molar-refractivity contribution in [3.05, 3.63) is 23.8 Å². The van der Waals surface area contributed by atoms with Crippen LogP contribution in [0, 0.1) is 0 Å². The number of hydrogen-bond donors (Lipinski definition) is 1.